The van der Waals surface area contributed by atoms with E-state index >= 15 is 0 Å². The van der Waals surface area contributed by atoms with Gasteiger partial charge in [-0.25, -0.2) is 4.79 Å². The Hall–Kier alpha value is -1.29. The first-order chi connectivity index (χ1) is 8.99. The Morgan fingerprint density at radius 1 is 1.26 bits per heavy atom. The maximum absolute atomic E-state index is 11.0. The van der Waals surface area contributed by atoms with Gasteiger partial charge in [0.05, 0.1) is 8.07 Å². The molecule has 0 spiro atoms. The van der Waals surface area contributed by atoms with Crippen LogP contribution in [0.15, 0.2) is 30.3 Å². The van der Waals surface area contributed by atoms with Gasteiger partial charge in [0, 0.05) is 13.1 Å². The van der Waals surface area contributed by atoms with Crippen molar-refractivity contribution in [2.45, 2.75) is 24.7 Å². The van der Waals surface area contributed by atoms with E-state index < -0.39 is 14.2 Å². The van der Waals surface area contributed by atoms with E-state index in [-0.39, 0.29) is 0 Å². The Morgan fingerprint density at radius 3 is 2.37 bits per heavy atom. The van der Waals surface area contributed by atoms with Gasteiger partial charge in [-0.2, -0.15) is 0 Å². The van der Waals surface area contributed by atoms with Crippen molar-refractivity contribution in [3.05, 3.63) is 35.9 Å². The molecule has 3 nitrogen and oxygen atoms in total. The minimum atomic E-state index is -1.29. The smallest absolute Gasteiger partial charge is 0.407 e. The zero-order chi connectivity index (χ0) is 13.6. The highest BCUT2D eigenvalue weighted by Crippen LogP contribution is 2.61. The van der Waals surface area contributed by atoms with Crippen LogP contribution in [0.1, 0.15) is 5.56 Å². The second-order valence-corrected chi connectivity index (χ2v) is 11.7. The van der Waals surface area contributed by atoms with Crippen LogP contribution in [0.25, 0.3) is 0 Å². The van der Waals surface area contributed by atoms with Gasteiger partial charge in [0.25, 0.3) is 0 Å². The molecule has 0 bridgehead atoms. The van der Waals surface area contributed by atoms with E-state index in [2.05, 4.69) is 43.4 Å². The first-order valence-corrected chi connectivity index (χ1v) is 10.3. The Morgan fingerprint density at radius 2 is 1.84 bits per heavy atom. The van der Waals surface area contributed by atoms with Crippen molar-refractivity contribution in [1.29, 1.82) is 0 Å². The molecule has 19 heavy (non-hydrogen) atoms. The largest absolute Gasteiger partial charge is 0.465 e. The molecule has 4 heteroatoms. The van der Waals surface area contributed by atoms with Crippen molar-refractivity contribution < 1.29 is 9.90 Å². The fourth-order valence-electron chi connectivity index (χ4n) is 4.08. The Labute approximate surface area is 115 Å². The summed E-state index contributed by atoms with van der Waals surface area (Å²) in [6.07, 6.45) is -0.742. The Balaban J connectivity index is 1.64. The van der Waals surface area contributed by atoms with Gasteiger partial charge in [-0.1, -0.05) is 49.0 Å². The summed E-state index contributed by atoms with van der Waals surface area (Å²) in [6, 6.07) is 11.9. The summed E-state index contributed by atoms with van der Waals surface area (Å²) < 4.78 is 0. The van der Waals surface area contributed by atoms with Crippen LogP contribution in [-0.4, -0.2) is 37.3 Å². The van der Waals surface area contributed by atoms with Crippen LogP contribution in [0.5, 0.6) is 0 Å². The van der Waals surface area contributed by atoms with Crippen molar-refractivity contribution in [2.24, 2.45) is 11.8 Å². The van der Waals surface area contributed by atoms with Gasteiger partial charge < -0.3 is 10.0 Å². The first-order valence-electron chi connectivity index (χ1n) is 7.01. The second kappa shape index (κ2) is 4.37. The summed E-state index contributed by atoms with van der Waals surface area (Å²) in [5.74, 6) is 1.31. The number of carboxylic acid groups (broad SMARTS) is 1. The van der Waals surface area contributed by atoms with Crippen molar-refractivity contribution >= 4 is 14.2 Å². The summed E-state index contributed by atoms with van der Waals surface area (Å²) in [5, 5.41) is 9.01. The van der Waals surface area contributed by atoms with E-state index in [4.69, 9.17) is 5.11 Å². The van der Waals surface area contributed by atoms with E-state index in [0.717, 1.165) is 18.6 Å². The van der Waals surface area contributed by atoms with Gasteiger partial charge in [0.15, 0.2) is 0 Å². The lowest BCUT2D eigenvalue weighted by Crippen LogP contribution is -2.37. The van der Waals surface area contributed by atoms with Crippen molar-refractivity contribution in [3.8, 4) is 0 Å². The van der Waals surface area contributed by atoms with E-state index in [1.54, 1.807) is 4.90 Å². The molecule has 1 aliphatic carbocycles. The van der Waals surface area contributed by atoms with Crippen LogP contribution in [-0.2, 0) is 6.04 Å². The van der Waals surface area contributed by atoms with Gasteiger partial charge in [0.1, 0.15) is 0 Å². The second-order valence-electron chi connectivity index (χ2n) is 6.69. The third kappa shape index (κ3) is 2.29. The molecule has 1 unspecified atom stereocenters. The van der Waals surface area contributed by atoms with Crippen LogP contribution >= 0.6 is 0 Å². The van der Waals surface area contributed by atoms with Crippen LogP contribution < -0.4 is 0 Å². The number of amides is 1. The van der Waals surface area contributed by atoms with E-state index in [1.807, 2.05) is 0 Å². The minimum Gasteiger partial charge on any atom is -0.465 e. The number of carbonyl (C=O) groups is 1. The molecule has 3 atom stereocenters. The third-order valence-corrected chi connectivity index (χ3v) is 8.85. The number of nitrogens with zero attached hydrogens (tertiary/aromatic N) is 1. The van der Waals surface area contributed by atoms with Crippen molar-refractivity contribution in [1.82, 2.24) is 4.90 Å². The number of piperidine rings is 1. The molecule has 1 aromatic carbocycles. The zero-order valence-electron chi connectivity index (χ0n) is 11.5. The fourth-order valence-corrected chi connectivity index (χ4v) is 8.52. The lowest BCUT2D eigenvalue weighted by atomic mass is 10.2. The molecule has 1 heterocycles. The van der Waals surface area contributed by atoms with Gasteiger partial charge in [-0.15, -0.1) is 0 Å². The quantitative estimate of drug-likeness (QED) is 0.861. The summed E-state index contributed by atoms with van der Waals surface area (Å²) >= 11 is 0. The van der Waals surface area contributed by atoms with Crippen molar-refractivity contribution in [3.63, 3.8) is 0 Å². The summed E-state index contributed by atoms with van der Waals surface area (Å²) in [5.41, 5.74) is 2.27. The number of hydrogen-bond acceptors (Lipinski definition) is 1. The molecule has 1 saturated heterocycles. The maximum Gasteiger partial charge on any atom is 0.407 e. The third-order valence-electron chi connectivity index (χ3n) is 4.87. The standard InChI is InChI=1S/C15H21NO2Si/c1-19(2,10-11-6-4-3-5-7-11)14-12-8-16(15(17)18)9-13(12)14/h3-7,12-14H,8-10H2,1-2H3,(H,17,18)/t12-,13+,14?. The van der Waals surface area contributed by atoms with E-state index in [1.165, 1.54) is 11.6 Å². The predicted octanol–water partition coefficient (Wildman–Crippen LogP) is 3.09. The molecule has 1 N–H and O–H groups in total. The minimum absolute atomic E-state index is 0.654. The molecule has 1 saturated carbocycles. The van der Waals surface area contributed by atoms with Crippen LogP contribution in [0, 0.1) is 11.8 Å². The molecule has 1 amide bonds. The first kappa shape index (κ1) is 12.7. The summed E-state index contributed by atoms with van der Waals surface area (Å²) in [7, 11) is -1.29. The van der Waals surface area contributed by atoms with Gasteiger partial charge >= 0.3 is 6.09 Å². The van der Waals surface area contributed by atoms with Crippen LogP contribution in [0.2, 0.25) is 18.6 Å². The fraction of sp³-hybridized carbons (Fsp3) is 0.533. The number of likely N-dealkylation sites (tertiary alicyclic amines) is 1. The lowest BCUT2D eigenvalue weighted by molar-refractivity contribution is 0.150. The highest BCUT2D eigenvalue weighted by molar-refractivity contribution is 6.79. The SMILES string of the molecule is C[Si](C)(Cc1ccccc1)C1[C@H]2CN(C(=O)O)C[C@@H]12. The highest BCUT2D eigenvalue weighted by atomic mass is 28.3. The monoisotopic (exact) mass is 275 g/mol. The number of benzene rings is 1. The molecular weight excluding hydrogens is 254 g/mol. The van der Waals surface area contributed by atoms with Gasteiger partial charge in [0.2, 0.25) is 0 Å². The number of fused-ring (bicyclic) bond motifs is 1. The Kier molecular flexibility index (Phi) is 2.93. The molecule has 102 valence electrons. The highest BCUT2D eigenvalue weighted by Gasteiger charge is 2.62. The molecular formula is C15H21NO2Si. The van der Waals surface area contributed by atoms with E-state index in [9.17, 15) is 4.79 Å². The average molecular weight is 275 g/mol. The van der Waals surface area contributed by atoms with Crippen molar-refractivity contribution in [2.75, 3.05) is 13.1 Å². The molecule has 2 fully saturated rings. The maximum atomic E-state index is 11.0. The molecule has 2 aliphatic rings. The summed E-state index contributed by atoms with van der Waals surface area (Å²) in [4.78, 5) is 12.5. The van der Waals surface area contributed by atoms with E-state index in [0.29, 0.717) is 11.8 Å². The lowest BCUT2D eigenvalue weighted by Gasteiger charge is -2.27. The zero-order valence-corrected chi connectivity index (χ0v) is 12.5. The normalized spacial score (nSPS) is 29.2. The molecule has 3 rings (SSSR count). The van der Waals surface area contributed by atoms with Crippen LogP contribution in [0.4, 0.5) is 4.79 Å². The summed E-state index contributed by atoms with van der Waals surface area (Å²) in [6.45, 7) is 6.48. The number of rotatable bonds is 3. The van der Waals surface area contributed by atoms with Crippen LogP contribution in [0.3, 0.4) is 0 Å². The topological polar surface area (TPSA) is 40.5 Å². The molecule has 1 aromatic rings. The predicted molar refractivity (Wildman–Crippen MR) is 78.0 cm³/mol. The number of hydrogen-bond donors (Lipinski definition) is 1. The molecule has 0 radical (unpaired) electrons. The van der Waals surface area contributed by atoms with Gasteiger partial charge in [-0.05, 0) is 23.4 Å². The van der Waals surface area contributed by atoms with Gasteiger partial charge in [-0.3, -0.25) is 0 Å². The molecule has 0 aromatic heterocycles. The Bertz CT molecular complexity index is 476. The average Bonchev–Trinajstić information content (AvgIpc) is 2.88. The molecule has 1 aliphatic heterocycles.